The molecule has 5 nitrogen and oxygen atoms in total. The molecule has 1 aliphatic rings. The quantitative estimate of drug-likeness (QED) is 0.853. The van der Waals surface area contributed by atoms with Crippen LogP contribution in [0.4, 0.5) is 5.13 Å². The number of hydrogen-bond acceptors (Lipinski definition) is 5. The third-order valence-corrected chi connectivity index (χ3v) is 4.99. The lowest BCUT2D eigenvalue weighted by atomic mass is 10.2. The first-order valence-corrected chi connectivity index (χ1v) is 8.95. The minimum Gasteiger partial charge on any atom is -0.345 e. The van der Waals surface area contributed by atoms with Crippen LogP contribution in [0, 0.1) is 0 Å². The molecule has 0 N–H and O–H groups in total. The molecule has 0 atom stereocenters. The average Bonchev–Trinajstić information content (AvgIpc) is 2.92. The largest absolute Gasteiger partial charge is 0.345 e. The van der Waals surface area contributed by atoms with Gasteiger partial charge in [0.05, 0.1) is 0 Å². The number of nitrogens with zero attached hydrogens (tertiary/aromatic N) is 4. The van der Waals surface area contributed by atoms with Crippen LogP contribution >= 0.6 is 23.1 Å². The van der Waals surface area contributed by atoms with Crippen LogP contribution in [0.25, 0.3) is 0 Å². The summed E-state index contributed by atoms with van der Waals surface area (Å²) in [5, 5.41) is 1.61. The second-order valence-corrected chi connectivity index (χ2v) is 6.65. The minimum absolute atomic E-state index is 0.0648. The molecule has 1 aliphatic heterocycles. The Hall–Kier alpha value is -1.66. The normalized spacial score (nSPS) is 15.6. The van der Waals surface area contributed by atoms with Crippen molar-refractivity contribution in [1.82, 2.24) is 14.3 Å². The van der Waals surface area contributed by atoms with Gasteiger partial charge >= 0.3 is 0 Å². The number of aromatic nitrogens is 2. The molecule has 122 valence electrons. The van der Waals surface area contributed by atoms with Gasteiger partial charge in [0.1, 0.15) is 5.82 Å². The topological polar surface area (TPSA) is 49.3 Å². The van der Waals surface area contributed by atoms with Gasteiger partial charge in [0.2, 0.25) is 5.13 Å². The predicted molar refractivity (Wildman–Crippen MR) is 93.5 cm³/mol. The van der Waals surface area contributed by atoms with Crippen molar-refractivity contribution in [3.05, 3.63) is 40.7 Å². The summed E-state index contributed by atoms with van der Waals surface area (Å²) >= 11 is 7.33. The van der Waals surface area contributed by atoms with Gasteiger partial charge in [-0.15, -0.1) is 0 Å². The van der Waals surface area contributed by atoms with Crippen LogP contribution in [-0.2, 0) is 6.42 Å². The van der Waals surface area contributed by atoms with Gasteiger partial charge in [-0.1, -0.05) is 18.5 Å². The number of carbonyl (C=O) groups is 1. The monoisotopic (exact) mass is 350 g/mol. The van der Waals surface area contributed by atoms with Gasteiger partial charge in [0, 0.05) is 54.7 Å². The van der Waals surface area contributed by atoms with Crippen molar-refractivity contribution < 1.29 is 4.79 Å². The van der Waals surface area contributed by atoms with E-state index >= 15 is 0 Å². The highest BCUT2D eigenvalue weighted by Crippen LogP contribution is 2.20. The molecule has 1 saturated heterocycles. The number of rotatable bonds is 3. The van der Waals surface area contributed by atoms with Gasteiger partial charge < -0.3 is 9.80 Å². The second-order valence-electron chi connectivity index (χ2n) is 5.49. The lowest BCUT2D eigenvalue weighted by molar-refractivity contribution is 0.0767. The van der Waals surface area contributed by atoms with E-state index in [1.807, 2.05) is 4.90 Å². The lowest BCUT2D eigenvalue weighted by Gasteiger charge is -2.21. The van der Waals surface area contributed by atoms with E-state index in [1.54, 1.807) is 24.3 Å². The summed E-state index contributed by atoms with van der Waals surface area (Å²) in [5.41, 5.74) is 0.687. The zero-order valence-corrected chi connectivity index (χ0v) is 14.6. The van der Waals surface area contributed by atoms with E-state index in [-0.39, 0.29) is 5.91 Å². The highest BCUT2D eigenvalue weighted by atomic mass is 35.5. The van der Waals surface area contributed by atoms with E-state index < -0.39 is 0 Å². The molecule has 23 heavy (non-hydrogen) atoms. The van der Waals surface area contributed by atoms with E-state index in [1.165, 1.54) is 11.5 Å². The summed E-state index contributed by atoms with van der Waals surface area (Å²) in [4.78, 5) is 21.3. The Morgan fingerprint density at radius 2 is 2.00 bits per heavy atom. The number of benzene rings is 1. The number of halogens is 1. The van der Waals surface area contributed by atoms with Crippen molar-refractivity contribution in [1.29, 1.82) is 0 Å². The Labute approximate surface area is 145 Å². The zero-order valence-electron chi connectivity index (χ0n) is 13.0. The number of carbonyl (C=O) groups excluding carboxylic acids is 1. The van der Waals surface area contributed by atoms with Gasteiger partial charge in [-0.3, -0.25) is 4.79 Å². The van der Waals surface area contributed by atoms with Crippen molar-refractivity contribution >= 4 is 34.2 Å². The molecule has 2 aromatic rings. The molecule has 0 aliphatic carbocycles. The second kappa shape index (κ2) is 7.27. The van der Waals surface area contributed by atoms with Crippen LogP contribution in [-0.4, -0.2) is 46.3 Å². The molecule has 1 fully saturated rings. The fourth-order valence-electron chi connectivity index (χ4n) is 2.60. The first-order valence-electron chi connectivity index (χ1n) is 7.79. The van der Waals surface area contributed by atoms with Gasteiger partial charge in [0.25, 0.3) is 5.91 Å². The van der Waals surface area contributed by atoms with Gasteiger partial charge in [0.15, 0.2) is 0 Å². The Kier molecular flexibility index (Phi) is 5.13. The predicted octanol–water partition coefficient (Wildman–Crippen LogP) is 3.11. The molecule has 0 saturated carbocycles. The summed E-state index contributed by atoms with van der Waals surface area (Å²) < 4.78 is 4.35. The highest BCUT2D eigenvalue weighted by molar-refractivity contribution is 7.09. The summed E-state index contributed by atoms with van der Waals surface area (Å²) in [7, 11) is 0. The molecular weight excluding hydrogens is 332 g/mol. The SMILES string of the molecule is CCc1nsc(N2CCCN(C(=O)c3ccc(Cl)cc3)CC2)n1. The fourth-order valence-corrected chi connectivity index (χ4v) is 3.53. The molecule has 3 rings (SSSR count). The maximum absolute atomic E-state index is 12.6. The summed E-state index contributed by atoms with van der Waals surface area (Å²) in [6.45, 7) is 5.21. The smallest absolute Gasteiger partial charge is 0.253 e. The van der Waals surface area contributed by atoms with Crippen molar-refractivity contribution in [3.8, 4) is 0 Å². The van der Waals surface area contributed by atoms with E-state index in [9.17, 15) is 4.79 Å². The third kappa shape index (κ3) is 3.82. The summed E-state index contributed by atoms with van der Waals surface area (Å²) in [5.74, 6) is 0.957. The molecule has 1 aromatic carbocycles. The van der Waals surface area contributed by atoms with Crippen LogP contribution in [0.2, 0.25) is 5.02 Å². The van der Waals surface area contributed by atoms with Crippen LogP contribution in [0.5, 0.6) is 0 Å². The van der Waals surface area contributed by atoms with E-state index in [0.717, 1.165) is 43.4 Å². The maximum atomic E-state index is 12.6. The van der Waals surface area contributed by atoms with Crippen molar-refractivity contribution in [2.45, 2.75) is 19.8 Å². The van der Waals surface area contributed by atoms with Crippen LogP contribution in [0.15, 0.2) is 24.3 Å². The first-order chi connectivity index (χ1) is 11.2. The Morgan fingerprint density at radius 3 is 2.70 bits per heavy atom. The highest BCUT2D eigenvalue weighted by Gasteiger charge is 2.22. The Morgan fingerprint density at radius 1 is 1.22 bits per heavy atom. The Balaban J connectivity index is 1.66. The van der Waals surface area contributed by atoms with E-state index in [4.69, 9.17) is 11.6 Å². The fraction of sp³-hybridized carbons (Fsp3) is 0.438. The number of amides is 1. The van der Waals surface area contributed by atoms with Gasteiger partial charge in [-0.05, 0) is 30.7 Å². The van der Waals surface area contributed by atoms with Crippen molar-refractivity contribution in [3.63, 3.8) is 0 Å². The standard InChI is InChI=1S/C16H19ClN4OS/c1-2-14-18-16(23-19-14)21-9-3-8-20(10-11-21)15(22)12-4-6-13(17)7-5-12/h4-7H,2-3,8-11H2,1H3. The Bertz CT molecular complexity index is 673. The maximum Gasteiger partial charge on any atom is 0.253 e. The molecule has 0 unspecified atom stereocenters. The summed E-state index contributed by atoms with van der Waals surface area (Å²) in [6.07, 6.45) is 1.78. The van der Waals surface area contributed by atoms with Crippen molar-refractivity contribution in [2.24, 2.45) is 0 Å². The van der Waals surface area contributed by atoms with E-state index in [2.05, 4.69) is 21.2 Å². The molecule has 1 aromatic heterocycles. The number of aryl methyl sites for hydroxylation is 1. The molecule has 1 amide bonds. The minimum atomic E-state index is 0.0648. The van der Waals surface area contributed by atoms with Crippen LogP contribution in [0.1, 0.15) is 29.5 Å². The molecule has 0 radical (unpaired) electrons. The zero-order chi connectivity index (χ0) is 16.2. The van der Waals surface area contributed by atoms with Gasteiger partial charge in [-0.2, -0.15) is 4.37 Å². The van der Waals surface area contributed by atoms with Crippen LogP contribution < -0.4 is 4.90 Å². The third-order valence-electron chi connectivity index (χ3n) is 3.92. The van der Waals surface area contributed by atoms with Gasteiger partial charge in [-0.25, -0.2) is 4.98 Å². The lowest BCUT2D eigenvalue weighted by Crippen LogP contribution is -2.35. The molecule has 7 heteroatoms. The average molecular weight is 351 g/mol. The van der Waals surface area contributed by atoms with E-state index in [0.29, 0.717) is 17.1 Å². The number of anilines is 1. The molecule has 2 heterocycles. The first kappa shape index (κ1) is 16.2. The molecular formula is C16H19ClN4OS. The molecule has 0 spiro atoms. The van der Waals surface area contributed by atoms with Crippen LogP contribution in [0.3, 0.4) is 0 Å². The van der Waals surface area contributed by atoms with Crippen molar-refractivity contribution in [2.75, 3.05) is 31.1 Å². The summed E-state index contributed by atoms with van der Waals surface area (Å²) in [6, 6.07) is 7.08. The molecule has 0 bridgehead atoms. The number of hydrogen-bond donors (Lipinski definition) is 0.